The summed E-state index contributed by atoms with van der Waals surface area (Å²) >= 11 is 1.68. The summed E-state index contributed by atoms with van der Waals surface area (Å²) in [5.41, 5.74) is 1.19. The molecule has 18 heavy (non-hydrogen) atoms. The zero-order chi connectivity index (χ0) is 13.2. The van der Waals surface area contributed by atoms with E-state index >= 15 is 0 Å². The summed E-state index contributed by atoms with van der Waals surface area (Å²) in [5, 5.41) is 11.4. The lowest BCUT2D eigenvalue weighted by atomic mass is 10.2. The molecule has 0 fully saturated rings. The molecular weight excluding hydrogens is 248 g/mol. The van der Waals surface area contributed by atoms with Crippen molar-refractivity contribution >= 4 is 17.7 Å². The number of aliphatic hydroxyl groups is 1. The number of carbonyl (C=O) groups is 1. The molecule has 0 bridgehead atoms. The van der Waals surface area contributed by atoms with Crippen molar-refractivity contribution in [2.24, 2.45) is 0 Å². The molecule has 0 unspecified atom stereocenters. The minimum atomic E-state index is -0.137. The molecule has 0 aromatic carbocycles. The fourth-order valence-electron chi connectivity index (χ4n) is 1.22. The SMILES string of the molecule is CSCCNC(=O)c1cncc(C#CCCO)c1. The molecule has 1 aromatic heterocycles. The van der Waals surface area contributed by atoms with Gasteiger partial charge in [-0.05, 0) is 12.3 Å². The summed E-state index contributed by atoms with van der Waals surface area (Å²) in [6.45, 7) is 0.676. The Kier molecular flexibility index (Phi) is 6.92. The van der Waals surface area contributed by atoms with Crippen molar-refractivity contribution in [1.82, 2.24) is 10.3 Å². The van der Waals surface area contributed by atoms with E-state index in [0.29, 0.717) is 24.1 Å². The number of amides is 1. The highest BCUT2D eigenvalue weighted by Crippen LogP contribution is 2.01. The fourth-order valence-corrected chi connectivity index (χ4v) is 1.53. The van der Waals surface area contributed by atoms with Gasteiger partial charge in [0.1, 0.15) is 0 Å². The highest BCUT2D eigenvalue weighted by Gasteiger charge is 2.05. The van der Waals surface area contributed by atoms with E-state index in [0.717, 1.165) is 5.75 Å². The molecular formula is C13H16N2O2S. The molecule has 96 valence electrons. The molecule has 0 aliphatic carbocycles. The monoisotopic (exact) mass is 264 g/mol. The molecule has 4 nitrogen and oxygen atoms in total. The Balaban J connectivity index is 2.64. The number of aromatic nitrogens is 1. The van der Waals surface area contributed by atoms with Crippen LogP contribution in [0, 0.1) is 11.8 Å². The molecule has 2 N–H and O–H groups in total. The quantitative estimate of drug-likeness (QED) is 0.613. The highest BCUT2D eigenvalue weighted by atomic mass is 32.2. The topological polar surface area (TPSA) is 62.2 Å². The first-order valence-corrected chi connectivity index (χ1v) is 6.99. The van der Waals surface area contributed by atoms with Gasteiger partial charge < -0.3 is 10.4 Å². The number of hydrogen-bond acceptors (Lipinski definition) is 4. The van der Waals surface area contributed by atoms with Crippen molar-refractivity contribution in [2.45, 2.75) is 6.42 Å². The average Bonchev–Trinajstić information content (AvgIpc) is 2.39. The summed E-state index contributed by atoms with van der Waals surface area (Å²) in [6.07, 6.45) is 5.53. The van der Waals surface area contributed by atoms with Gasteiger partial charge in [0.15, 0.2) is 0 Å². The first kappa shape index (κ1) is 14.6. The number of aliphatic hydroxyl groups excluding tert-OH is 1. The Labute approximate surface area is 111 Å². The second-order valence-electron chi connectivity index (χ2n) is 3.49. The van der Waals surface area contributed by atoms with Gasteiger partial charge >= 0.3 is 0 Å². The second kappa shape index (κ2) is 8.56. The van der Waals surface area contributed by atoms with Gasteiger partial charge in [0.05, 0.1) is 12.2 Å². The maximum Gasteiger partial charge on any atom is 0.252 e. The van der Waals surface area contributed by atoms with Crippen molar-refractivity contribution in [3.05, 3.63) is 29.6 Å². The Morgan fingerprint density at radius 2 is 2.39 bits per heavy atom. The van der Waals surface area contributed by atoms with Crippen LogP contribution in [0.5, 0.6) is 0 Å². The van der Waals surface area contributed by atoms with Gasteiger partial charge in [-0.15, -0.1) is 0 Å². The van der Waals surface area contributed by atoms with E-state index in [2.05, 4.69) is 22.1 Å². The molecule has 0 radical (unpaired) electrons. The van der Waals surface area contributed by atoms with Crippen molar-refractivity contribution in [3.63, 3.8) is 0 Å². The zero-order valence-electron chi connectivity index (χ0n) is 10.3. The van der Waals surface area contributed by atoms with Gasteiger partial charge in [-0.25, -0.2) is 0 Å². The van der Waals surface area contributed by atoms with Gasteiger partial charge in [-0.2, -0.15) is 11.8 Å². The van der Waals surface area contributed by atoms with E-state index < -0.39 is 0 Å². The Morgan fingerprint density at radius 3 is 3.11 bits per heavy atom. The molecule has 0 saturated carbocycles. The van der Waals surface area contributed by atoms with Crippen LogP contribution in [-0.4, -0.2) is 41.2 Å². The van der Waals surface area contributed by atoms with Gasteiger partial charge in [0.25, 0.3) is 5.91 Å². The van der Waals surface area contributed by atoms with Crippen molar-refractivity contribution in [3.8, 4) is 11.8 Å². The second-order valence-corrected chi connectivity index (χ2v) is 4.47. The highest BCUT2D eigenvalue weighted by molar-refractivity contribution is 7.98. The first-order valence-electron chi connectivity index (χ1n) is 5.60. The Bertz CT molecular complexity index is 452. The lowest BCUT2D eigenvalue weighted by Gasteiger charge is -2.03. The summed E-state index contributed by atoms with van der Waals surface area (Å²) in [4.78, 5) is 15.7. The van der Waals surface area contributed by atoms with E-state index in [4.69, 9.17) is 5.11 Å². The van der Waals surface area contributed by atoms with Gasteiger partial charge in [0, 0.05) is 36.7 Å². The molecule has 0 atom stereocenters. The van der Waals surface area contributed by atoms with Crippen molar-refractivity contribution in [2.75, 3.05) is 25.2 Å². The summed E-state index contributed by atoms with van der Waals surface area (Å²) in [5.74, 6) is 6.39. The molecule has 1 aromatic rings. The van der Waals surface area contributed by atoms with E-state index in [1.807, 2.05) is 6.26 Å². The lowest BCUT2D eigenvalue weighted by molar-refractivity contribution is 0.0956. The molecule has 0 aliphatic heterocycles. The molecule has 1 heterocycles. The number of nitrogens with one attached hydrogen (secondary N) is 1. The van der Waals surface area contributed by atoms with Crippen LogP contribution in [0.4, 0.5) is 0 Å². The zero-order valence-corrected chi connectivity index (χ0v) is 11.1. The van der Waals surface area contributed by atoms with Crippen LogP contribution in [0.2, 0.25) is 0 Å². The predicted molar refractivity (Wildman–Crippen MR) is 73.5 cm³/mol. The third-order valence-electron chi connectivity index (χ3n) is 2.06. The van der Waals surface area contributed by atoms with Crippen LogP contribution in [0.1, 0.15) is 22.3 Å². The number of carbonyl (C=O) groups excluding carboxylic acids is 1. The van der Waals surface area contributed by atoms with Crippen molar-refractivity contribution < 1.29 is 9.90 Å². The van der Waals surface area contributed by atoms with Gasteiger partial charge in [-0.3, -0.25) is 9.78 Å². The van der Waals surface area contributed by atoms with Crippen molar-refractivity contribution in [1.29, 1.82) is 0 Å². The van der Waals surface area contributed by atoms with Gasteiger partial charge in [0.2, 0.25) is 0 Å². The molecule has 1 rings (SSSR count). The average molecular weight is 264 g/mol. The third-order valence-corrected chi connectivity index (χ3v) is 2.67. The number of nitrogens with zero attached hydrogens (tertiary/aromatic N) is 1. The minimum absolute atomic E-state index is 0.0370. The van der Waals surface area contributed by atoms with Crippen LogP contribution in [-0.2, 0) is 0 Å². The predicted octanol–water partition coefficient (Wildman–Crippen LogP) is 0.908. The molecule has 5 heteroatoms. The maximum absolute atomic E-state index is 11.8. The lowest BCUT2D eigenvalue weighted by Crippen LogP contribution is -2.25. The van der Waals surface area contributed by atoms with E-state index in [9.17, 15) is 4.79 Å². The number of hydrogen-bond donors (Lipinski definition) is 2. The molecule has 1 amide bonds. The van der Waals surface area contributed by atoms with E-state index in [-0.39, 0.29) is 12.5 Å². The van der Waals surface area contributed by atoms with Crippen LogP contribution in [0.15, 0.2) is 18.5 Å². The molecule has 0 saturated heterocycles. The van der Waals surface area contributed by atoms with Gasteiger partial charge in [-0.1, -0.05) is 11.8 Å². The Hall–Kier alpha value is -1.51. The molecule has 0 spiro atoms. The smallest absolute Gasteiger partial charge is 0.252 e. The fraction of sp³-hybridized carbons (Fsp3) is 0.385. The van der Waals surface area contributed by atoms with Crippen LogP contribution < -0.4 is 5.32 Å². The summed E-state index contributed by atoms with van der Waals surface area (Å²) < 4.78 is 0. The number of rotatable bonds is 5. The summed E-state index contributed by atoms with van der Waals surface area (Å²) in [6, 6.07) is 1.70. The molecule has 0 aliphatic rings. The first-order chi connectivity index (χ1) is 8.77. The normalized spacial score (nSPS) is 9.44. The van der Waals surface area contributed by atoms with Crippen LogP contribution in [0.3, 0.4) is 0 Å². The number of pyridine rings is 1. The van der Waals surface area contributed by atoms with E-state index in [1.54, 1.807) is 24.0 Å². The largest absolute Gasteiger partial charge is 0.395 e. The minimum Gasteiger partial charge on any atom is -0.395 e. The third kappa shape index (κ3) is 5.21. The standard InChI is InChI=1S/C13H16N2O2S/c1-18-7-5-15-13(17)12-8-11(9-14-10-12)4-2-3-6-16/h8-10,16H,3,5-7H2,1H3,(H,15,17). The Morgan fingerprint density at radius 1 is 1.56 bits per heavy atom. The van der Waals surface area contributed by atoms with E-state index in [1.165, 1.54) is 6.20 Å². The number of thioether (sulfide) groups is 1. The van der Waals surface area contributed by atoms with Crippen LogP contribution >= 0.6 is 11.8 Å². The maximum atomic E-state index is 11.8. The van der Waals surface area contributed by atoms with Crippen LogP contribution in [0.25, 0.3) is 0 Å². The summed E-state index contributed by atoms with van der Waals surface area (Å²) in [7, 11) is 0.